The number of piperazine rings is 1. The average molecular weight is 342 g/mol. The van der Waals surface area contributed by atoms with E-state index in [0.29, 0.717) is 6.42 Å². The van der Waals surface area contributed by atoms with E-state index in [2.05, 4.69) is 11.0 Å². The van der Waals surface area contributed by atoms with Crippen molar-refractivity contribution in [3.8, 4) is 0 Å². The first-order valence-electron chi connectivity index (χ1n) is 7.64. The van der Waals surface area contributed by atoms with Crippen molar-refractivity contribution in [3.05, 3.63) is 21.3 Å². The van der Waals surface area contributed by atoms with Crippen molar-refractivity contribution in [1.29, 1.82) is 0 Å². The molecular formula is C15H20ClN3O2S. The quantitative estimate of drug-likeness (QED) is 0.836. The second-order valence-electron chi connectivity index (χ2n) is 5.78. The molecule has 0 aliphatic carbocycles. The Balaban J connectivity index is 1.44. The van der Waals surface area contributed by atoms with E-state index in [-0.39, 0.29) is 18.4 Å². The van der Waals surface area contributed by atoms with Crippen molar-refractivity contribution in [2.45, 2.75) is 19.4 Å². The highest BCUT2D eigenvalue weighted by Gasteiger charge is 2.26. The first kappa shape index (κ1) is 15.8. The Labute approximate surface area is 139 Å². The standard InChI is InChI=1S/C15H20ClN3O2S/c16-13-4-3-12(22-13)10-17-6-8-18(9-7-17)15(21)11-19-5-1-2-14(19)20/h3-4H,1-2,5-11H2. The average Bonchev–Trinajstić information content (AvgIpc) is 3.09. The van der Waals surface area contributed by atoms with E-state index in [4.69, 9.17) is 11.6 Å². The maximum absolute atomic E-state index is 12.3. The molecule has 1 aromatic rings. The summed E-state index contributed by atoms with van der Waals surface area (Å²) in [6.07, 6.45) is 1.47. The molecule has 5 nitrogen and oxygen atoms in total. The summed E-state index contributed by atoms with van der Waals surface area (Å²) < 4.78 is 0.819. The Morgan fingerprint density at radius 2 is 1.95 bits per heavy atom. The summed E-state index contributed by atoms with van der Waals surface area (Å²) >= 11 is 7.56. The van der Waals surface area contributed by atoms with E-state index >= 15 is 0 Å². The lowest BCUT2D eigenvalue weighted by atomic mass is 10.3. The fourth-order valence-electron chi connectivity index (χ4n) is 2.95. The highest BCUT2D eigenvalue weighted by Crippen LogP contribution is 2.23. The molecule has 2 amide bonds. The van der Waals surface area contributed by atoms with Crippen LogP contribution >= 0.6 is 22.9 Å². The van der Waals surface area contributed by atoms with E-state index in [0.717, 1.165) is 50.0 Å². The lowest BCUT2D eigenvalue weighted by Crippen LogP contribution is -2.51. The monoisotopic (exact) mass is 341 g/mol. The Bertz CT molecular complexity index is 555. The first-order chi connectivity index (χ1) is 10.6. The molecule has 0 unspecified atom stereocenters. The summed E-state index contributed by atoms with van der Waals surface area (Å²) in [7, 11) is 0. The molecule has 3 rings (SSSR count). The van der Waals surface area contributed by atoms with E-state index < -0.39 is 0 Å². The van der Waals surface area contributed by atoms with Gasteiger partial charge in [-0.2, -0.15) is 0 Å². The van der Waals surface area contributed by atoms with Gasteiger partial charge in [-0.05, 0) is 18.6 Å². The second-order valence-corrected chi connectivity index (χ2v) is 7.58. The summed E-state index contributed by atoms with van der Waals surface area (Å²) in [5, 5.41) is 0. The first-order valence-corrected chi connectivity index (χ1v) is 8.83. The van der Waals surface area contributed by atoms with Gasteiger partial charge in [0, 0.05) is 50.6 Å². The summed E-state index contributed by atoms with van der Waals surface area (Å²) in [6, 6.07) is 3.98. The van der Waals surface area contributed by atoms with Crippen LogP contribution in [-0.4, -0.2) is 65.8 Å². The molecule has 2 saturated heterocycles. The highest BCUT2D eigenvalue weighted by molar-refractivity contribution is 7.16. The molecule has 3 heterocycles. The molecule has 2 aliphatic rings. The van der Waals surface area contributed by atoms with Crippen molar-refractivity contribution < 1.29 is 9.59 Å². The molecule has 0 bridgehead atoms. The molecule has 0 radical (unpaired) electrons. The van der Waals surface area contributed by atoms with Gasteiger partial charge in [-0.25, -0.2) is 0 Å². The molecule has 22 heavy (non-hydrogen) atoms. The van der Waals surface area contributed by atoms with Gasteiger partial charge in [-0.15, -0.1) is 11.3 Å². The van der Waals surface area contributed by atoms with Crippen LogP contribution in [0.2, 0.25) is 4.34 Å². The number of amides is 2. The third-order valence-electron chi connectivity index (χ3n) is 4.23. The fourth-order valence-corrected chi connectivity index (χ4v) is 4.08. The molecule has 0 saturated carbocycles. The minimum absolute atomic E-state index is 0.0778. The maximum Gasteiger partial charge on any atom is 0.242 e. The molecule has 120 valence electrons. The van der Waals surface area contributed by atoms with Crippen LogP contribution in [0.5, 0.6) is 0 Å². The number of carbonyl (C=O) groups excluding carboxylic acids is 2. The number of rotatable bonds is 4. The molecular weight excluding hydrogens is 322 g/mol. The summed E-state index contributed by atoms with van der Waals surface area (Å²) in [5.41, 5.74) is 0. The zero-order valence-corrected chi connectivity index (χ0v) is 14.0. The van der Waals surface area contributed by atoms with Gasteiger partial charge in [0.1, 0.15) is 0 Å². The van der Waals surface area contributed by atoms with Crippen LogP contribution in [0, 0.1) is 0 Å². The third kappa shape index (κ3) is 3.80. The van der Waals surface area contributed by atoms with Gasteiger partial charge in [-0.3, -0.25) is 14.5 Å². The summed E-state index contributed by atoms with van der Waals surface area (Å²) in [6.45, 7) is 5.08. The molecule has 0 aromatic carbocycles. The molecule has 0 N–H and O–H groups in total. The van der Waals surface area contributed by atoms with Crippen molar-refractivity contribution in [2.75, 3.05) is 39.3 Å². The number of nitrogens with zero attached hydrogens (tertiary/aromatic N) is 3. The van der Waals surface area contributed by atoms with Gasteiger partial charge < -0.3 is 9.80 Å². The molecule has 2 fully saturated rings. The fraction of sp³-hybridized carbons (Fsp3) is 0.600. The van der Waals surface area contributed by atoms with Gasteiger partial charge in [0.05, 0.1) is 10.9 Å². The van der Waals surface area contributed by atoms with Crippen molar-refractivity contribution in [2.24, 2.45) is 0 Å². The molecule has 7 heteroatoms. The normalized spacial score (nSPS) is 20.0. The minimum atomic E-state index is 0.0778. The van der Waals surface area contributed by atoms with E-state index in [1.54, 1.807) is 16.2 Å². The van der Waals surface area contributed by atoms with Crippen LogP contribution in [0.4, 0.5) is 0 Å². The Kier molecular flexibility index (Phi) is 5.00. The van der Waals surface area contributed by atoms with Crippen molar-refractivity contribution >= 4 is 34.8 Å². The van der Waals surface area contributed by atoms with Crippen LogP contribution in [0.25, 0.3) is 0 Å². The number of likely N-dealkylation sites (tertiary alicyclic amines) is 1. The number of thiophene rings is 1. The number of hydrogen-bond acceptors (Lipinski definition) is 4. The largest absolute Gasteiger partial charge is 0.339 e. The van der Waals surface area contributed by atoms with E-state index in [1.807, 2.05) is 11.0 Å². The van der Waals surface area contributed by atoms with Crippen LogP contribution in [0.15, 0.2) is 12.1 Å². The van der Waals surface area contributed by atoms with Gasteiger partial charge in [-0.1, -0.05) is 11.6 Å². The van der Waals surface area contributed by atoms with Crippen molar-refractivity contribution in [1.82, 2.24) is 14.7 Å². The van der Waals surface area contributed by atoms with Crippen LogP contribution in [-0.2, 0) is 16.1 Å². The van der Waals surface area contributed by atoms with Crippen LogP contribution in [0.1, 0.15) is 17.7 Å². The topological polar surface area (TPSA) is 43.9 Å². The van der Waals surface area contributed by atoms with Gasteiger partial charge >= 0.3 is 0 Å². The van der Waals surface area contributed by atoms with E-state index in [1.165, 1.54) is 4.88 Å². The minimum Gasteiger partial charge on any atom is -0.339 e. The zero-order valence-electron chi connectivity index (χ0n) is 12.5. The Morgan fingerprint density at radius 1 is 1.18 bits per heavy atom. The zero-order chi connectivity index (χ0) is 15.5. The number of halogens is 1. The molecule has 0 atom stereocenters. The predicted octanol–water partition coefficient (Wildman–Crippen LogP) is 1.67. The lowest BCUT2D eigenvalue weighted by molar-refractivity contribution is -0.139. The third-order valence-corrected chi connectivity index (χ3v) is 5.45. The molecule has 1 aromatic heterocycles. The van der Waals surface area contributed by atoms with E-state index in [9.17, 15) is 9.59 Å². The maximum atomic E-state index is 12.3. The Hall–Kier alpha value is -1.11. The predicted molar refractivity (Wildman–Crippen MR) is 87.0 cm³/mol. The summed E-state index contributed by atoms with van der Waals surface area (Å²) in [5.74, 6) is 0.190. The van der Waals surface area contributed by atoms with Crippen LogP contribution in [0.3, 0.4) is 0 Å². The lowest BCUT2D eigenvalue weighted by Gasteiger charge is -2.35. The SMILES string of the molecule is O=C(CN1CCCC1=O)N1CCN(Cc2ccc(Cl)s2)CC1. The number of carbonyl (C=O) groups is 2. The summed E-state index contributed by atoms with van der Waals surface area (Å²) in [4.78, 5) is 31.0. The van der Waals surface area contributed by atoms with Crippen molar-refractivity contribution in [3.63, 3.8) is 0 Å². The molecule has 0 spiro atoms. The highest BCUT2D eigenvalue weighted by atomic mass is 35.5. The number of hydrogen-bond donors (Lipinski definition) is 0. The van der Waals surface area contributed by atoms with Gasteiger partial charge in [0.25, 0.3) is 0 Å². The Morgan fingerprint density at radius 3 is 2.55 bits per heavy atom. The second kappa shape index (κ2) is 6.98. The van der Waals surface area contributed by atoms with Crippen LogP contribution < -0.4 is 0 Å². The van der Waals surface area contributed by atoms with Gasteiger partial charge in [0.15, 0.2) is 0 Å². The molecule has 2 aliphatic heterocycles. The van der Waals surface area contributed by atoms with Gasteiger partial charge in [0.2, 0.25) is 11.8 Å². The smallest absolute Gasteiger partial charge is 0.242 e.